The van der Waals surface area contributed by atoms with E-state index in [4.69, 9.17) is 5.73 Å². The first kappa shape index (κ1) is 22.9. The number of rotatable bonds is 6. The Kier molecular flexibility index (Phi) is 6.54. The van der Waals surface area contributed by atoms with E-state index in [1.165, 1.54) is 4.90 Å². The van der Waals surface area contributed by atoms with Crippen molar-refractivity contribution < 1.29 is 14.4 Å². The van der Waals surface area contributed by atoms with E-state index in [1.807, 2.05) is 55.5 Å². The van der Waals surface area contributed by atoms with Crippen LogP contribution < -0.4 is 16.0 Å². The summed E-state index contributed by atoms with van der Waals surface area (Å²) < 4.78 is 0. The van der Waals surface area contributed by atoms with Crippen LogP contribution in [0.2, 0.25) is 0 Å². The summed E-state index contributed by atoms with van der Waals surface area (Å²) in [6, 6.07) is 22.1. The highest BCUT2D eigenvalue weighted by molar-refractivity contribution is 6.20. The number of nitrogens with zero attached hydrogens (tertiary/aromatic N) is 2. The molecular weight excluding hydrogens is 428 g/mol. The molecular formula is C27H26N4O3. The molecule has 7 nitrogen and oxygen atoms in total. The number of likely N-dealkylation sites (N-methyl/N-ethyl adjacent to an activating group) is 1. The molecule has 0 saturated heterocycles. The molecule has 0 saturated carbocycles. The quantitative estimate of drug-likeness (QED) is 0.598. The number of hydrogen-bond acceptors (Lipinski definition) is 4. The summed E-state index contributed by atoms with van der Waals surface area (Å²) in [5, 5.41) is 2.79. The van der Waals surface area contributed by atoms with Crippen LogP contribution in [-0.2, 0) is 16.0 Å². The van der Waals surface area contributed by atoms with Crippen molar-refractivity contribution >= 4 is 29.1 Å². The number of hydrogen-bond donors (Lipinski definition) is 2. The molecule has 0 bridgehead atoms. The summed E-state index contributed by atoms with van der Waals surface area (Å²) in [5.41, 5.74) is 10.6. The Morgan fingerprint density at radius 2 is 1.68 bits per heavy atom. The minimum atomic E-state index is -1.08. The molecule has 172 valence electrons. The number of carbonyl (C=O) groups is 3. The molecule has 0 radical (unpaired) electrons. The predicted molar refractivity (Wildman–Crippen MR) is 132 cm³/mol. The van der Waals surface area contributed by atoms with Gasteiger partial charge < -0.3 is 16.0 Å². The van der Waals surface area contributed by atoms with Crippen molar-refractivity contribution in [1.29, 1.82) is 0 Å². The number of fused-ring (bicyclic) bond motifs is 1. The maximum Gasteiger partial charge on any atom is 0.272 e. The molecule has 0 aliphatic carbocycles. The second kappa shape index (κ2) is 9.70. The summed E-state index contributed by atoms with van der Waals surface area (Å²) in [6.07, 6.45) is -0.274. The number of benzodiazepines with no additional fused rings is 1. The molecule has 1 aliphatic heterocycles. The van der Waals surface area contributed by atoms with Crippen LogP contribution in [0.25, 0.3) is 0 Å². The second-order valence-corrected chi connectivity index (χ2v) is 8.29. The number of nitrogens with one attached hydrogen (secondary N) is 1. The maximum atomic E-state index is 13.2. The van der Waals surface area contributed by atoms with E-state index in [2.05, 4.69) is 10.3 Å². The molecule has 4 rings (SSSR count). The number of para-hydroxylation sites is 1. The van der Waals surface area contributed by atoms with Gasteiger partial charge in [-0.2, -0.15) is 0 Å². The summed E-state index contributed by atoms with van der Waals surface area (Å²) in [5.74, 6) is -1.12. The third kappa shape index (κ3) is 4.88. The lowest BCUT2D eigenvalue weighted by atomic mass is 9.99. The largest absolute Gasteiger partial charge is 0.366 e. The SMILES string of the molecule is Cc1ccc(CCC(=O)NC2N=C(c3ccc(C(N)=O)cc3)c3ccccc3N(C)C2=O)cc1. The average molecular weight is 455 g/mol. The van der Waals surface area contributed by atoms with Gasteiger partial charge in [-0.25, -0.2) is 4.99 Å². The number of primary amides is 1. The molecule has 3 N–H and O–H groups in total. The Morgan fingerprint density at radius 1 is 1.00 bits per heavy atom. The predicted octanol–water partition coefficient (Wildman–Crippen LogP) is 2.98. The van der Waals surface area contributed by atoms with E-state index >= 15 is 0 Å². The Morgan fingerprint density at radius 3 is 2.35 bits per heavy atom. The van der Waals surface area contributed by atoms with Crippen molar-refractivity contribution in [3.63, 3.8) is 0 Å². The zero-order valence-electron chi connectivity index (χ0n) is 19.1. The van der Waals surface area contributed by atoms with E-state index in [9.17, 15) is 14.4 Å². The van der Waals surface area contributed by atoms with E-state index < -0.39 is 12.1 Å². The van der Waals surface area contributed by atoms with Gasteiger partial charge in [0.25, 0.3) is 5.91 Å². The van der Waals surface area contributed by atoms with Crippen LogP contribution in [0.4, 0.5) is 5.69 Å². The van der Waals surface area contributed by atoms with Crippen LogP contribution in [-0.4, -0.2) is 36.6 Å². The lowest BCUT2D eigenvalue weighted by Gasteiger charge is -2.20. The third-order valence-electron chi connectivity index (χ3n) is 5.85. The smallest absolute Gasteiger partial charge is 0.272 e. The summed E-state index contributed by atoms with van der Waals surface area (Å²) >= 11 is 0. The van der Waals surface area contributed by atoms with Gasteiger partial charge >= 0.3 is 0 Å². The maximum absolute atomic E-state index is 13.2. The first-order valence-corrected chi connectivity index (χ1v) is 11.0. The molecule has 0 fully saturated rings. The second-order valence-electron chi connectivity index (χ2n) is 8.29. The standard InChI is InChI=1S/C27H26N4O3/c1-17-7-9-18(10-8-17)11-16-23(32)29-26-27(34)31(2)22-6-4-3-5-21(22)24(30-26)19-12-14-20(15-13-19)25(28)33/h3-10,12-15,26H,11,16H2,1-2H3,(H2,28,33)(H,29,32). The third-order valence-corrected chi connectivity index (χ3v) is 5.85. The van der Waals surface area contributed by atoms with E-state index in [0.717, 1.165) is 16.7 Å². The molecule has 1 heterocycles. The zero-order valence-corrected chi connectivity index (χ0v) is 19.1. The fourth-order valence-corrected chi connectivity index (χ4v) is 3.88. The molecule has 1 atom stereocenters. The molecule has 1 unspecified atom stereocenters. The van der Waals surface area contributed by atoms with Gasteiger partial charge in [0.15, 0.2) is 0 Å². The van der Waals surface area contributed by atoms with Gasteiger partial charge in [-0.3, -0.25) is 14.4 Å². The molecule has 3 aromatic carbocycles. The number of nitrogens with two attached hydrogens (primary N) is 1. The lowest BCUT2D eigenvalue weighted by molar-refractivity contribution is -0.127. The Balaban J connectivity index is 1.63. The van der Waals surface area contributed by atoms with Gasteiger partial charge in [-0.15, -0.1) is 0 Å². The topological polar surface area (TPSA) is 105 Å². The highest BCUT2D eigenvalue weighted by atomic mass is 16.2. The number of carbonyl (C=O) groups excluding carboxylic acids is 3. The minimum Gasteiger partial charge on any atom is -0.366 e. The molecule has 0 spiro atoms. The van der Waals surface area contributed by atoms with Crippen LogP contribution in [0.15, 0.2) is 77.8 Å². The molecule has 1 aliphatic rings. The molecule has 7 heteroatoms. The fourth-order valence-electron chi connectivity index (χ4n) is 3.88. The molecule has 34 heavy (non-hydrogen) atoms. The first-order valence-electron chi connectivity index (χ1n) is 11.0. The highest BCUT2D eigenvalue weighted by Crippen LogP contribution is 2.27. The number of aryl methyl sites for hydroxylation is 2. The number of benzene rings is 3. The van der Waals surface area contributed by atoms with Gasteiger partial charge in [-0.05, 0) is 37.1 Å². The Labute approximate surface area is 198 Å². The minimum absolute atomic E-state index is 0.238. The van der Waals surface area contributed by atoms with Crippen LogP contribution >= 0.6 is 0 Å². The van der Waals surface area contributed by atoms with Crippen molar-refractivity contribution in [2.75, 3.05) is 11.9 Å². The van der Waals surface area contributed by atoms with E-state index in [-0.39, 0.29) is 18.2 Å². The van der Waals surface area contributed by atoms with Crippen LogP contribution in [0, 0.1) is 6.92 Å². The first-order chi connectivity index (χ1) is 16.3. The summed E-state index contributed by atoms with van der Waals surface area (Å²) in [4.78, 5) is 43.6. The van der Waals surface area contributed by atoms with Crippen molar-refractivity contribution in [2.24, 2.45) is 10.7 Å². The van der Waals surface area contributed by atoms with Gasteiger partial charge in [0.1, 0.15) is 0 Å². The lowest BCUT2D eigenvalue weighted by Crippen LogP contribution is -2.46. The van der Waals surface area contributed by atoms with Crippen molar-refractivity contribution in [3.05, 3.63) is 101 Å². The molecule has 3 amide bonds. The summed E-state index contributed by atoms with van der Waals surface area (Å²) in [7, 11) is 1.67. The van der Waals surface area contributed by atoms with Crippen LogP contribution in [0.5, 0.6) is 0 Å². The van der Waals surface area contributed by atoms with E-state index in [1.54, 1.807) is 31.3 Å². The Hall–Kier alpha value is -4.26. The average Bonchev–Trinajstić information content (AvgIpc) is 2.94. The zero-order chi connectivity index (χ0) is 24.2. The van der Waals surface area contributed by atoms with Gasteiger partial charge in [0.05, 0.1) is 11.4 Å². The van der Waals surface area contributed by atoms with Crippen molar-refractivity contribution in [3.8, 4) is 0 Å². The normalized spacial score (nSPS) is 15.2. The van der Waals surface area contributed by atoms with Gasteiger partial charge in [0.2, 0.25) is 18.0 Å². The monoisotopic (exact) mass is 454 g/mol. The van der Waals surface area contributed by atoms with Crippen molar-refractivity contribution in [2.45, 2.75) is 25.9 Å². The van der Waals surface area contributed by atoms with Crippen LogP contribution in [0.1, 0.15) is 39.0 Å². The molecule has 0 aromatic heterocycles. The van der Waals surface area contributed by atoms with Crippen LogP contribution in [0.3, 0.4) is 0 Å². The number of amides is 3. The fraction of sp³-hybridized carbons (Fsp3) is 0.185. The highest BCUT2D eigenvalue weighted by Gasteiger charge is 2.30. The number of aliphatic imine (C=N–C) groups is 1. The van der Waals surface area contributed by atoms with Gasteiger partial charge in [-0.1, -0.05) is 60.2 Å². The molecule has 3 aromatic rings. The van der Waals surface area contributed by atoms with E-state index in [0.29, 0.717) is 28.9 Å². The van der Waals surface area contributed by atoms with Gasteiger partial charge in [0, 0.05) is 30.2 Å². The Bertz CT molecular complexity index is 1260. The van der Waals surface area contributed by atoms with Crippen molar-refractivity contribution in [1.82, 2.24) is 5.32 Å². The summed E-state index contributed by atoms with van der Waals surface area (Å²) in [6.45, 7) is 2.01. The number of anilines is 1.